The van der Waals surface area contributed by atoms with Crippen molar-refractivity contribution in [2.24, 2.45) is 23.2 Å². The van der Waals surface area contributed by atoms with Crippen LogP contribution in [-0.4, -0.2) is 10.9 Å². The van der Waals surface area contributed by atoms with Gasteiger partial charge in [-0.15, -0.1) is 11.3 Å². The van der Waals surface area contributed by atoms with Gasteiger partial charge in [-0.05, 0) is 88.2 Å². The van der Waals surface area contributed by atoms with Crippen molar-refractivity contribution in [2.45, 2.75) is 72.1 Å². The van der Waals surface area contributed by atoms with E-state index in [1.54, 1.807) is 11.3 Å². The summed E-state index contributed by atoms with van der Waals surface area (Å²) in [5, 5.41) is 4.09. The highest BCUT2D eigenvalue weighted by molar-refractivity contribution is 7.16. The van der Waals surface area contributed by atoms with Gasteiger partial charge >= 0.3 is 0 Å². The Hall–Kier alpha value is -1.68. The molecule has 4 bridgehead atoms. The minimum absolute atomic E-state index is 0.120. The molecule has 1 N–H and O–H groups in total. The molecule has 6 rings (SSSR count). The molecule has 4 aliphatic rings. The van der Waals surface area contributed by atoms with E-state index < -0.39 is 0 Å². The molecule has 4 aliphatic carbocycles. The second kappa shape index (κ2) is 7.23. The average Bonchev–Trinajstić information content (AvgIpc) is 3.05. The molecule has 1 aromatic carbocycles. The molecule has 154 valence electrons. The molecule has 0 radical (unpaired) electrons. The predicted octanol–water partition coefficient (Wildman–Crippen LogP) is 6.53. The van der Waals surface area contributed by atoms with Gasteiger partial charge in [-0.25, -0.2) is 4.98 Å². The van der Waals surface area contributed by atoms with Crippen molar-refractivity contribution < 1.29 is 4.79 Å². The first-order chi connectivity index (χ1) is 14.0. The van der Waals surface area contributed by atoms with Crippen molar-refractivity contribution in [3.05, 3.63) is 34.2 Å². The zero-order valence-corrected chi connectivity index (χ0v) is 18.7. The Morgan fingerprint density at radius 1 is 1.14 bits per heavy atom. The number of nitrogens with one attached hydrogen (secondary N) is 1. The van der Waals surface area contributed by atoms with E-state index in [1.807, 2.05) is 0 Å². The van der Waals surface area contributed by atoms with Crippen molar-refractivity contribution in [3.63, 3.8) is 0 Å². The molecule has 1 heterocycles. The molecule has 2 aromatic rings. The van der Waals surface area contributed by atoms with Gasteiger partial charge < -0.3 is 5.32 Å². The highest BCUT2D eigenvalue weighted by atomic mass is 32.1. The van der Waals surface area contributed by atoms with Gasteiger partial charge in [-0.2, -0.15) is 0 Å². The number of amides is 1. The highest BCUT2D eigenvalue weighted by Gasteiger charge is 2.54. The van der Waals surface area contributed by atoms with E-state index in [-0.39, 0.29) is 11.3 Å². The third-order valence-corrected chi connectivity index (χ3v) is 8.59. The summed E-state index contributed by atoms with van der Waals surface area (Å²) in [5.74, 6) is 2.60. The van der Waals surface area contributed by atoms with Gasteiger partial charge in [0.05, 0.1) is 11.1 Å². The maximum Gasteiger partial charge on any atom is 0.232 e. The molecule has 4 fully saturated rings. The van der Waals surface area contributed by atoms with Gasteiger partial charge in [0.15, 0.2) is 5.13 Å². The molecule has 1 amide bonds. The van der Waals surface area contributed by atoms with Crippen molar-refractivity contribution in [2.75, 3.05) is 5.32 Å². The number of thiazole rings is 1. The zero-order chi connectivity index (χ0) is 20.2. The third-order valence-electron chi connectivity index (χ3n) is 7.56. The number of carbonyl (C=O) groups is 1. The second-order valence-electron chi connectivity index (χ2n) is 10.0. The minimum Gasteiger partial charge on any atom is -0.301 e. The first-order valence-corrected chi connectivity index (χ1v) is 12.2. The smallest absolute Gasteiger partial charge is 0.232 e. The standard InChI is InChI=1S/C25H32N2OS/c1-4-5-21-22(20-8-15(2)6-7-16(20)3)26-24(29-21)27-23(28)25-12-17-9-18(13-25)11-19(10-17)14-25/h6-8,17-19H,4-5,9-14H2,1-3H3,(H,26,27,28). The van der Waals surface area contributed by atoms with E-state index in [4.69, 9.17) is 4.98 Å². The van der Waals surface area contributed by atoms with E-state index in [9.17, 15) is 4.79 Å². The number of anilines is 1. The van der Waals surface area contributed by atoms with Crippen molar-refractivity contribution in [3.8, 4) is 11.3 Å². The van der Waals surface area contributed by atoms with E-state index in [0.717, 1.165) is 60.7 Å². The summed E-state index contributed by atoms with van der Waals surface area (Å²) in [4.78, 5) is 19.7. The van der Waals surface area contributed by atoms with Crippen molar-refractivity contribution in [1.82, 2.24) is 4.98 Å². The molecule has 3 nitrogen and oxygen atoms in total. The largest absolute Gasteiger partial charge is 0.301 e. The zero-order valence-electron chi connectivity index (χ0n) is 17.9. The van der Waals surface area contributed by atoms with Crippen LogP contribution < -0.4 is 5.32 Å². The Kier molecular flexibility index (Phi) is 4.81. The number of carbonyl (C=O) groups excluding carboxylic acids is 1. The molecular formula is C25H32N2OS. The van der Waals surface area contributed by atoms with Gasteiger partial charge in [0, 0.05) is 10.4 Å². The fraction of sp³-hybridized carbons (Fsp3) is 0.600. The Bertz CT molecular complexity index is 909. The molecule has 4 heteroatoms. The Morgan fingerprint density at radius 3 is 2.41 bits per heavy atom. The van der Waals surface area contributed by atoms with Gasteiger partial charge in [0.25, 0.3) is 0 Å². The topological polar surface area (TPSA) is 42.0 Å². The number of aryl methyl sites for hydroxylation is 3. The SMILES string of the molecule is CCCc1sc(NC(=O)C23CC4CC(CC(C4)C2)C3)nc1-c1cc(C)ccc1C. The van der Waals surface area contributed by atoms with Gasteiger partial charge in [-0.1, -0.05) is 31.0 Å². The van der Waals surface area contributed by atoms with Crippen molar-refractivity contribution >= 4 is 22.4 Å². The monoisotopic (exact) mass is 408 g/mol. The van der Waals surface area contributed by atoms with Gasteiger partial charge in [-0.3, -0.25) is 4.79 Å². The first-order valence-electron chi connectivity index (χ1n) is 11.3. The number of nitrogens with zero attached hydrogens (tertiary/aromatic N) is 1. The minimum atomic E-state index is -0.120. The van der Waals surface area contributed by atoms with Crippen molar-refractivity contribution in [1.29, 1.82) is 0 Å². The number of benzene rings is 1. The average molecular weight is 409 g/mol. The molecule has 0 aliphatic heterocycles. The molecule has 4 saturated carbocycles. The maximum atomic E-state index is 13.5. The normalized spacial score (nSPS) is 30.0. The summed E-state index contributed by atoms with van der Waals surface area (Å²) in [6, 6.07) is 6.56. The van der Waals surface area contributed by atoms with Crippen LogP contribution in [0.25, 0.3) is 11.3 Å². The summed E-state index contributed by atoms with van der Waals surface area (Å²) >= 11 is 1.68. The lowest BCUT2D eigenvalue weighted by Crippen LogP contribution is -2.51. The lowest BCUT2D eigenvalue weighted by Gasteiger charge is -2.55. The number of rotatable bonds is 5. The second-order valence-corrected chi connectivity index (χ2v) is 11.1. The Balaban J connectivity index is 1.43. The number of hydrogen-bond donors (Lipinski definition) is 1. The summed E-state index contributed by atoms with van der Waals surface area (Å²) in [6.45, 7) is 6.49. The third kappa shape index (κ3) is 3.43. The summed E-state index contributed by atoms with van der Waals surface area (Å²) in [5.41, 5.74) is 4.65. The fourth-order valence-electron chi connectivity index (χ4n) is 6.62. The summed E-state index contributed by atoms with van der Waals surface area (Å²) < 4.78 is 0. The van der Waals surface area contributed by atoms with Gasteiger partial charge in [0.1, 0.15) is 0 Å². The molecule has 29 heavy (non-hydrogen) atoms. The van der Waals surface area contributed by atoms with Crippen LogP contribution in [0.15, 0.2) is 18.2 Å². The fourth-order valence-corrected chi connectivity index (χ4v) is 7.69. The van der Waals surface area contributed by atoms with Crippen LogP contribution in [0.1, 0.15) is 67.9 Å². The van der Waals surface area contributed by atoms with Gasteiger partial charge in [0.2, 0.25) is 5.91 Å². The number of hydrogen-bond acceptors (Lipinski definition) is 3. The van der Waals surface area contributed by atoms with Crippen LogP contribution in [-0.2, 0) is 11.2 Å². The van der Waals surface area contributed by atoms with E-state index in [0.29, 0.717) is 0 Å². The number of aromatic nitrogens is 1. The van der Waals surface area contributed by atoms with Crippen LogP contribution in [0.4, 0.5) is 5.13 Å². The lowest BCUT2D eigenvalue weighted by atomic mass is 9.49. The highest BCUT2D eigenvalue weighted by Crippen LogP contribution is 2.60. The first kappa shape index (κ1) is 19.3. The summed E-state index contributed by atoms with van der Waals surface area (Å²) in [6.07, 6.45) is 9.48. The predicted molar refractivity (Wildman–Crippen MR) is 120 cm³/mol. The van der Waals surface area contributed by atoms with E-state index >= 15 is 0 Å². The van der Waals surface area contributed by atoms with Crippen LogP contribution in [0.2, 0.25) is 0 Å². The van der Waals surface area contributed by atoms with Crippen LogP contribution in [0, 0.1) is 37.0 Å². The van der Waals surface area contributed by atoms with Crippen LogP contribution >= 0.6 is 11.3 Å². The molecule has 1 aromatic heterocycles. The quantitative estimate of drug-likeness (QED) is 0.611. The van der Waals surface area contributed by atoms with E-state index in [2.05, 4.69) is 44.3 Å². The maximum absolute atomic E-state index is 13.5. The Labute approximate surface area is 178 Å². The molecule has 0 saturated heterocycles. The molecule has 0 spiro atoms. The van der Waals surface area contributed by atoms with Crippen LogP contribution in [0.3, 0.4) is 0 Å². The lowest BCUT2D eigenvalue weighted by molar-refractivity contribution is -0.140. The van der Waals surface area contributed by atoms with E-state index in [1.165, 1.54) is 40.8 Å². The molecule has 0 atom stereocenters. The Morgan fingerprint density at radius 2 is 1.79 bits per heavy atom. The summed E-state index contributed by atoms with van der Waals surface area (Å²) in [7, 11) is 0. The molecular weight excluding hydrogens is 376 g/mol. The van der Waals surface area contributed by atoms with Crippen LogP contribution in [0.5, 0.6) is 0 Å². The molecule has 0 unspecified atom stereocenters.